The molecular formula is C18H25N5S. The van der Waals surface area contributed by atoms with E-state index in [0.717, 1.165) is 31.7 Å². The average molecular weight is 344 g/mol. The number of aryl methyl sites for hydroxylation is 2. The van der Waals surface area contributed by atoms with Crippen molar-refractivity contribution >= 4 is 17.2 Å². The molecule has 0 amide bonds. The molecule has 2 atom stereocenters. The second kappa shape index (κ2) is 7.15. The molecule has 2 aromatic rings. The first-order chi connectivity index (χ1) is 11.8. The minimum atomic E-state index is 0.485. The molecule has 1 saturated heterocycles. The summed E-state index contributed by atoms with van der Waals surface area (Å²) in [5.41, 5.74) is 1.35. The summed E-state index contributed by atoms with van der Waals surface area (Å²) in [6, 6.07) is 5.03. The normalized spacial score (nSPS) is 24.0. The topological polar surface area (TPSA) is 53.9 Å². The molecule has 0 bridgehead atoms. The second-order valence-electron chi connectivity index (χ2n) is 6.75. The molecule has 0 unspecified atom stereocenters. The van der Waals surface area contributed by atoms with E-state index in [4.69, 9.17) is 4.98 Å². The lowest BCUT2D eigenvalue weighted by atomic mass is 9.96. The zero-order valence-corrected chi connectivity index (χ0v) is 15.1. The molecular weight excluding hydrogens is 318 g/mol. The van der Waals surface area contributed by atoms with Crippen molar-refractivity contribution in [2.24, 2.45) is 0 Å². The molecule has 1 fully saturated rings. The van der Waals surface area contributed by atoms with E-state index in [1.807, 2.05) is 17.4 Å². The summed E-state index contributed by atoms with van der Waals surface area (Å²) in [7, 11) is 0. The molecule has 1 N–H and O–H groups in total. The predicted octanol–water partition coefficient (Wildman–Crippen LogP) is 3.13. The summed E-state index contributed by atoms with van der Waals surface area (Å²) in [4.78, 5) is 8.68. The monoisotopic (exact) mass is 343 g/mol. The highest BCUT2D eigenvalue weighted by atomic mass is 32.1. The van der Waals surface area contributed by atoms with E-state index >= 15 is 0 Å². The van der Waals surface area contributed by atoms with E-state index in [2.05, 4.69) is 33.4 Å². The van der Waals surface area contributed by atoms with Crippen molar-refractivity contribution in [1.82, 2.24) is 20.5 Å². The van der Waals surface area contributed by atoms with Gasteiger partial charge in [-0.15, -0.1) is 16.4 Å². The van der Waals surface area contributed by atoms with Gasteiger partial charge in [0.25, 0.3) is 0 Å². The molecule has 1 aliphatic carbocycles. The number of aromatic nitrogens is 3. The number of rotatable bonds is 4. The molecule has 0 aromatic carbocycles. The van der Waals surface area contributed by atoms with Crippen LogP contribution in [0.1, 0.15) is 54.2 Å². The standard InChI is InChI=1S/C18H25N5S/c1-2-17-21-15-8-3-7-14(18(15)24-17)20-13-6-5-11-23(12-13)16-9-4-10-19-22-16/h4,9-10,13-14,20H,2-3,5-8,11-12H2,1H3/t13-,14-/m0/s1. The third kappa shape index (κ3) is 3.30. The van der Waals surface area contributed by atoms with Gasteiger partial charge >= 0.3 is 0 Å². The molecule has 0 spiro atoms. The molecule has 6 heteroatoms. The Morgan fingerprint density at radius 1 is 1.33 bits per heavy atom. The summed E-state index contributed by atoms with van der Waals surface area (Å²) in [6.45, 7) is 4.30. The van der Waals surface area contributed by atoms with Gasteiger partial charge in [-0.1, -0.05) is 6.92 Å². The molecule has 0 saturated carbocycles. The maximum Gasteiger partial charge on any atom is 0.151 e. The number of hydrogen-bond acceptors (Lipinski definition) is 6. The Bertz CT molecular complexity index is 671. The molecule has 2 aliphatic rings. The summed E-state index contributed by atoms with van der Waals surface area (Å²) < 4.78 is 0. The highest BCUT2D eigenvalue weighted by Gasteiger charge is 2.28. The van der Waals surface area contributed by atoms with E-state index in [1.165, 1.54) is 41.3 Å². The second-order valence-corrected chi connectivity index (χ2v) is 7.87. The van der Waals surface area contributed by atoms with Crippen molar-refractivity contribution < 1.29 is 0 Å². The predicted molar refractivity (Wildman–Crippen MR) is 97.6 cm³/mol. The van der Waals surface area contributed by atoms with Gasteiger partial charge < -0.3 is 10.2 Å². The summed E-state index contributed by atoms with van der Waals surface area (Å²) in [5.74, 6) is 0.999. The summed E-state index contributed by atoms with van der Waals surface area (Å²) in [6.07, 6.45) is 8.87. The van der Waals surface area contributed by atoms with Gasteiger partial charge in [-0.05, 0) is 50.7 Å². The van der Waals surface area contributed by atoms with Crippen LogP contribution in [0.25, 0.3) is 0 Å². The van der Waals surface area contributed by atoms with Crippen LogP contribution in [0.3, 0.4) is 0 Å². The fraction of sp³-hybridized carbons (Fsp3) is 0.611. The number of nitrogens with one attached hydrogen (secondary N) is 1. The molecule has 2 aromatic heterocycles. The largest absolute Gasteiger partial charge is 0.354 e. The van der Waals surface area contributed by atoms with Crippen LogP contribution in [-0.2, 0) is 12.8 Å². The number of piperidine rings is 1. The number of nitrogens with zero attached hydrogens (tertiary/aromatic N) is 4. The van der Waals surface area contributed by atoms with Crippen LogP contribution in [0, 0.1) is 0 Å². The van der Waals surface area contributed by atoms with Crippen molar-refractivity contribution in [3.63, 3.8) is 0 Å². The molecule has 0 radical (unpaired) electrons. The maximum atomic E-state index is 4.82. The lowest BCUT2D eigenvalue weighted by Gasteiger charge is -2.36. The Morgan fingerprint density at radius 3 is 3.12 bits per heavy atom. The van der Waals surface area contributed by atoms with E-state index in [0.29, 0.717) is 12.1 Å². The smallest absolute Gasteiger partial charge is 0.151 e. The third-order valence-electron chi connectivity index (χ3n) is 5.04. The first-order valence-electron chi connectivity index (χ1n) is 9.10. The number of thiazole rings is 1. The van der Waals surface area contributed by atoms with Crippen molar-refractivity contribution in [1.29, 1.82) is 0 Å². The SMILES string of the molecule is CCc1nc2c(s1)[C@@H](N[C@H]1CCCN(c3cccnn3)C1)CCC2. The first-order valence-corrected chi connectivity index (χ1v) is 9.92. The molecule has 3 heterocycles. The minimum Gasteiger partial charge on any atom is -0.354 e. The Balaban J connectivity index is 1.45. The lowest BCUT2D eigenvalue weighted by Crippen LogP contribution is -2.47. The highest BCUT2D eigenvalue weighted by Crippen LogP contribution is 2.35. The van der Waals surface area contributed by atoms with Crippen molar-refractivity contribution in [2.45, 2.75) is 57.5 Å². The van der Waals surface area contributed by atoms with Gasteiger partial charge in [0.15, 0.2) is 5.82 Å². The van der Waals surface area contributed by atoms with Crippen LogP contribution in [0.2, 0.25) is 0 Å². The van der Waals surface area contributed by atoms with Crippen LogP contribution in [0.5, 0.6) is 0 Å². The van der Waals surface area contributed by atoms with E-state index in [-0.39, 0.29) is 0 Å². The molecule has 128 valence electrons. The van der Waals surface area contributed by atoms with Crippen LogP contribution < -0.4 is 10.2 Å². The fourth-order valence-electron chi connectivity index (χ4n) is 3.85. The minimum absolute atomic E-state index is 0.485. The van der Waals surface area contributed by atoms with Gasteiger partial charge in [0.2, 0.25) is 0 Å². The molecule has 5 nitrogen and oxygen atoms in total. The molecule has 4 rings (SSSR count). The van der Waals surface area contributed by atoms with Gasteiger partial charge in [0.05, 0.1) is 10.7 Å². The van der Waals surface area contributed by atoms with Gasteiger partial charge in [-0.25, -0.2) is 4.98 Å². The summed E-state index contributed by atoms with van der Waals surface area (Å²) >= 11 is 1.92. The van der Waals surface area contributed by atoms with Crippen LogP contribution in [0.15, 0.2) is 18.3 Å². The van der Waals surface area contributed by atoms with Gasteiger partial charge in [-0.3, -0.25) is 0 Å². The summed E-state index contributed by atoms with van der Waals surface area (Å²) in [5, 5.41) is 13.5. The lowest BCUT2D eigenvalue weighted by molar-refractivity contribution is 0.354. The van der Waals surface area contributed by atoms with Gasteiger partial charge in [0.1, 0.15) is 0 Å². The number of anilines is 1. The quantitative estimate of drug-likeness (QED) is 0.924. The van der Waals surface area contributed by atoms with Crippen molar-refractivity contribution in [2.75, 3.05) is 18.0 Å². The van der Waals surface area contributed by atoms with Crippen molar-refractivity contribution in [3.8, 4) is 0 Å². The third-order valence-corrected chi connectivity index (χ3v) is 6.39. The molecule has 1 aliphatic heterocycles. The average Bonchev–Trinajstić information content (AvgIpc) is 3.07. The Labute approximate surface area is 147 Å². The Morgan fingerprint density at radius 2 is 2.29 bits per heavy atom. The highest BCUT2D eigenvalue weighted by molar-refractivity contribution is 7.11. The fourth-order valence-corrected chi connectivity index (χ4v) is 5.00. The van der Waals surface area contributed by atoms with Crippen molar-refractivity contribution in [3.05, 3.63) is 33.9 Å². The maximum absolute atomic E-state index is 4.82. The van der Waals surface area contributed by atoms with Gasteiger partial charge in [-0.2, -0.15) is 5.10 Å². The number of fused-ring (bicyclic) bond motifs is 1. The Hall–Kier alpha value is -1.53. The van der Waals surface area contributed by atoms with E-state index in [1.54, 1.807) is 6.20 Å². The zero-order chi connectivity index (χ0) is 16.4. The van der Waals surface area contributed by atoms with Gasteiger partial charge in [0, 0.05) is 36.2 Å². The van der Waals surface area contributed by atoms with E-state index < -0.39 is 0 Å². The van der Waals surface area contributed by atoms with Crippen LogP contribution in [0.4, 0.5) is 5.82 Å². The first kappa shape index (κ1) is 16.0. The van der Waals surface area contributed by atoms with Crippen LogP contribution >= 0.6 is 11.3 Å². The van der Waals surface area contributed by atoms with Crippen LogP contribution in [-0.4, -0.2) is 34.3 Å². The Kier molecular flexibility index (Phi) is 4.76. The number of hydrogen-bond donors (Lipinski definition) is 1. The van der Waals surface area contributed by atoms with E-state index in [9.17, 15) is 0 Å². The molecule has 24 heavy (non-hydrogen) atoms. The zero-order valence-electron chi connectivity index (χ0n) is 14.2.